The molecule has 0 aliphatic carbocycles. The zero-order valence-corrected chi connectivity index (χ0v) is 21.4. The Hall–Kier alpha value is -2.20. The molecule has 10 heteroatoms. The van der Waals surface area contributed by atoms with Crippen molar-refractivity contribution in [2.75, 3.05) is 25.6 Å². The van der Waals surface area contributed by atoms with E-state index in [2.05, 4.69) is 38.3 Å². The van der Waals surface area contributed by atoms with Crippen LogP contribution in [0.1, 0.15) is 60.3 Å². The van der Waals surface area contributed by atoms with E-state index in [4.69, 9.17) is 33.0 Å². The summed E-state index contributed by atoms with van der Waals surface area (Å²) >= 11 is 12.8. The van der Waals surface area contributed by atoms with Crippen molar-refractivity contribution in [2.45, 2.75) is 51.0 Å². The number of imidazole rings is 1. The predicted molar refractivity (Wildman–Crippen MR) is 136 cm³/mol. The van der Waals surface area contributed by atoms with Crippen LogP contribution < -0.4 is 5.43 Å². The maximum absolute atomic E-state index is 6.40. The third kappa shape index (κ3) is 4.33. The Balaban J connectivity index is 1.24. The molecule has 1 fully saturated rings. The van der Waals surface area contributed by atoms with Gasteiger partial charge in [-0.25, -0.2) is 4.98 Å². The summed E-state index contributed by atoms with van der Waals surface area (Å²) in [5, 5.41) is 2.71. The molecule has 0 amide bonds. The number of aromatic nitrogens is 3. The Labute approximate surface area is 215 Å². The van der Waals surface area contributed by atoms with E-state index >= 15 is 0 Å². The van der Waals surface area contributed by atoms with Gasteiger partial charge in [0.2, 0.25) is 0 Å². The maximum Gasteiger partial charge on any atom is 0.141 e. The highest BCUT2D eigenvalue weighted by atomic mass is 35.5. The summed E-state index contributed by atoms with van der Waals surface area (Å²) in [6, 6.07) is 8.59. The first kappa shape index (κ1) is 23.2. The number of pyridine rings is 1. The molecule has 1 aromatic carbocycles. The number of hydroxylamine groups is 1. The number of piperidine rings is 1. The molecule has 1 saturated heterocycles. The first-order valence-corrected chi connectivity index (χ1v) is 12.8. The van der Waals surface area contributed by atoms with Crippen LogP contribution in [0.25, 0.3) is 0 Å². The molecule has 2 aromatic heterocycles. The van der Waals surface area contributed by atoms with E-state index in [-0.39, 0.29) is 6.04 Å². The second-order valence-corrected chi connectivity index (χ2v) is 10.5. The average Bonchev–Trinajstić information content (AvgIpc) is 3.50. The Morgan fingerprint density at radius 2 is 1.83 bits per heavy atom. The molecule has 2 unspecified atom stereocenters. The van der Waals surface area contributed by atoms with Crippen LogP contribution in [0.2, 0.25) is 10.0 Å². The number of H-pyrrole nitrogens is 1. The highest BCUT2D eigenvalue weighted by Gasteiger charge is 2.38. The van der Waals surface area contributed by atoms with Gasteiger partial charge in [-0.3, -0.25) is 20.1 Å². The monoisotopic (exact) mass is 513 g/mol. The number of nitrogens with one attached hydrogen (secondary N) is 2. The minimum absolute atomic E-state index is 0.226. The number of likely N-dealkylation sites (tertiary alicyclic amines) is 1. The highest BCUT2D eigenvalue weighted by molar-refractivity contribution is 6.35. The summed E-state index contributed by atoms with van der Waals surface area (Å²) < 4.78 is 0. The largest absolute Gasteiger partial charge is 0.343 e. The fourth-order valence-corrected chi connectivity index (χ4v) is 6.13. The van der Waals surface area contributed by atoms with Crippen LogP contribution in [0.3, 0.4) is 0 Å². The molecule has 3 aliphatic rings. The molecule has 0 bridgehead atoms. The molecule has 0 radical (unpaired) electrons. The Bertz CT molecular complexity index is 1180. The third-order valence-electron chi connectivity index (χ3n) is 7.35. The number of aromatic amines is 1. The van der Waals surface area contributed by atoms with E-state index < -0.39 is 6.10 Å². The van der Waals surface area contributed by atoms with E-state index in [1.54, 1.807) is 17.6 Å². The zero-order valence-electron chi connectivity index (χ0n) is 19.8. The van der Waals surface area contributed by atoms with E-state index in [9.17, 15) is 0 Å². The van der Waals surface area contributed by atoms with Gasteiger partial charge in [0.05, 0.1) is 27.1 Å². The number of nitrogens with zero attached hydrogens (tertiary/aromatic N) is 5. The highest BCUT2D eigenvalue weighted by Crippen LogP contribution is 2.42. The number of para-hydroxylation sites is 1. The van der Waals surface area contributed by atoms with Gasteiger partial charge in [-0.05, 0) is 46.0 Å². The summed E-state index contributed by atoms with van der Waals surface area (Å²) in [4.78, 5) is 24.1. The fourth-order valence-electron chi connectivity index (χ4n) is 5.45. The average molecular weight is 514 g/mol. The van der Waals surface area contributed by atoms with E-state index in [1.165, 1.54) is 18.5 Å². The first-order valence-electron chi connectivity index (χ1n) is 12.1. The van der Waals surface area contributed by atoms with Crippen LogP contribution >= 0.6 is 23.2 Å². The Morgan fingerprint density at radius 3 is 2.57 bits per heavy atom. The van der Waals surface area contributed by atoms with Gasteiger partial charge < -0.3 is 9.88 Å². The second kappa shape index (κ2) is 9.35. The van der Waals surface area contributed by atoms with Gasteiger partial charge in [-0.2, -0.15) is 0 Å². The molecule has 0 saturated carbocycles. The van der Waals surface area contributed by atoms with Crippen molar-refractivity contribution in [2.24, 2.45) is 0 Å². The number of anilines is 1. The summed E-state index contributed by atoms with van der Waals surface area (Å²) in [5.74, 6) is 0.870. The van der Waals surface area contributed by atoms with Crippen LogP contribution in [0, 0.1) is 0 Å². The molecule has 3 aliphatic heterocycles. The van der Waals surface area contributed by atoms with Crippen LogP contribution in [0.5, 0.6) is 0 Å². The standard InChI is InChI=1S/C25H29Cl2N7O/c1-15(23-18(26)11-28-12-19(23)27)35-34-24(17-5-3-4-6-20(17)31-34)25-29-21-13-33(14-22(21)30-25)16-7-9-32(2)10-8-16/h3-6,11-12,15-16,24,31H,7-10,13-14H2,1-2H3,(H,29,30). The minimum atomic E-state index is -0.399. The predicted octanol–water partition coefficient (Wildman–Crippen LogP) is 4.95. The number of hydrogen-bond donors (Lipinski definition) is 2. The number of fused-ring (bicyclic) bond motifs is 2. The molecule has 35 heavy (non-hydrogen) atoms. The molecular weight excluding hydrogens is 485 g/mol. The van der Waals surface area contributed by atoms with Crippen molar-refractivity contribution in [1.29, 1.82) is 0 Å². The van der Waals surface area contributed by atoms with Crippen LogP contribution in [-0.2, 0) is 17.9 Å². The number of hydrogen-bond acceptors (Lipinski definition) is 7. The fraction of sp³-hybridized carbons (Fsp3) is 0.440. The van der Waals surface area contributed by atoms with Gasteiger partial charge in [0.1, 0.15) is 18.0 Å². The number of halogens is 2. The summed E-state index contributed by atoms with van der Waals surface area (Å²) in [6.07, 6.45) is 5.20. The zero-order chi connectivity index (χ0) is 24.1. The lowest BCUT2D eigenvalue weighted by molar-refractivity contribution is -0.192. The van der Waals surface area contributed by atoms with E-state index in [0.29, 0.717) is 21.7 Å². The topological polar surface area (TPSA) is 72.6 Å². The van der Waals surface area contributed by atoms with Crippen LogP contribution in [0.4, 0.5) is 5.69 Å². The molecule has 5 heterocycles. The molecule has 2 atom stereocenters. The minimum Gasteiger partial charge on any atom is -0.343 e. The van der Waals surface area contributed by atoms with Crippen molar-refractivity contribution in [1.82, 2.24) is 29.9 Å². The molecule has 2 N–H and O–H groups in total. The Kier molecular flexibility index (Phi) is 6.20. The van der Waals surface area contributed by atoms with Gasteiger partial charge in [-0.1, -0.05) is 46.6 Å². The SMILES string of the molecule is CC(ON1Nc2ccccc2C1c1nc2c([nH]1)CN(C1CCN(C)CC1)C2)c1c(Cl)cncc1Cl. The van der Waals surface area contributed by atoms with Crippen LogP contribution in [0.15, 0.2) is 36.7 Å². The molecule has 184 valence electrons. The molecule has 8 nitrogen and oxygen atoms in total. The third-order valence-corrected chi connectivity index (χ3v) is 7.95. The van der Waals surface area contributed by atoms with Gasteiger partial charge in [0, 0.05) is 42.7 Å². The maximum atomic E-state index is 6.40. The number of hydrazine groups is 1. The van der Waals surface area contributed by atoms with Crippen LogP contribution in [-0.4, -0.2) is 56.1 Å². The quantitative estimate of drug-likeness (QED) is 0.500. The molecule has 0 spiro atoms. The van der Waals surface area contributed by atoms with Gasteiger partial charge in [0.15, 0.2) is 0 Å². The van der Waals surface area contributed by atoms with Crippen molar-refractivity contribution in [3.05, 3.63) is 75.0 Å². The number of benzene rings is 1. The first-order chi connectivity index (χ1) is 17.0. The van der Waals surface area contributed by atoms with Crippen molar-refractivity contribution < 1.29 is 4.84 Å². The van der Waals surface area contributed by atoms with Gasteiger partial charge >= 0.3 is 0 Å². The Morgan fingerprint density at radius 1 is 1.09 bits per heavy atom. The van der Waals surface area contributed by atoms with E-state index in [0.717, 1.165) is 48.9 Å². The van der Waals surface area contributed by atoms with Crippen molar-refractivity contribution in [3.8, 4) is 0 Å². The van der Waals surface area contributed by atoms with E-state index in [1.807, 2.05) is 25.1 Å². The normalized spacial score (nSPS) is 22.2. The molecular formula is C25H29Cl2N7O. The lowest BCUT2D eigenvalue weighted by Gasteiger charge is -2.34. The van der Waals surface area contributed by atoms with Gasteiger partial charge in [0.25, 0.3) is 0 Å². The van der Waals surface area contributed by atoms with Gasteiger partial charge in [-0.15, -0.1) is 0 Å². The van der Waals surface area contributed by atoms with Crippen molar-refractivity contribution >= 4 is 28.9 Å². The lowest BCUT2D eigenvalue weighted by Crippen LogP contribution is -2.41. The lowest BCUT2D eigenvalue weighted by atomic mass is 10.0. The molecule has 6 rings (SSSR count). The van der Waals surface area contributed by atoms with Crippen molar-refractivity contribution in [3.63, 3.8) is 0 Å². The summed E-state index contributed by atoms with van der Waals surface area (Å²) in [5.41, 5.74) is 8.52. The smallest absolute Gasteiger partial charge is 0.141 e. The second-order valence-electron chi connectivity index (χ2n) is 9.68. The number of rotatable bonds is 5. The summed E-state index contributed by atoms with van der Waals surface area (Å²) in [6.45, 7) is 6.05. The summed E-state index contributed by atoms with van der Waals surface area (Å²) in [7, 11) is 2.20. The molecule has 3 aromatic rings.